The zero-order valence-corrected chi connectivity index (χ0v) is 30.7. The van der Waals surface area contributed by atoms with Gasteiger partial charge in [-0.3, -0.25) is 0 Å². The Balaban J connectivity index is 1.04. The number of benzene rings is 8. The van der Waals surface area contributed by atoms with Crippen LogP contribution in [0.4, 0.5) is 17.1 Å². The third-order valence-electron chi connectivity index (χ3n) is 10.7. The lowest BCUT2D eigenvalue weighted by Crippen LogP contribution is -2.09. The third-order valence-corrected chi connectivity index (χ3v) is 10.7. The normalized spacial score (nSPS) is 11.5. The van der Waals surface area contributed by atoms with Crippen molar-refractivity contribution in [3.8, 4) is 45.0 Å². The van der Waals surface area contributed by atoms with E-state index in [-0.39, 0.29) is 0 Å². The summed E-state index contributed by atoms with van der Waals surface area (Å²) in [6.07, 6.45) is 0. The molecule has 0 bridgehead atoms. The number of nitrogens with zero attached hydrogens (tertiary/aromatic N) is 3. The molecular weight excluding hydrogens is 699 g/mol. The number of rotatable bonds is 7. The molecule has 0 radical (unpaired) electrons. The van der Waals surface area contributed by atoms with Gasteiger partial charge in [-0.15, -0.1) is 0 Å². The van der Waals surface area contributed by atoms with Crippen molar-refractivity contribution in [1.29, 1.82) is 0 Å². The van der Waals surface area contributed by atoms with Crippen LogP contribution in [0.1, 0.15) is 0 Å². The Morgan fingerprint density at radius 3 is 1.49 bits per heavy atom. The van der Waals surface area contributed by atoms with Crippen LogP contribution in [0.15, 0.2) is 209 Å². The van der Waals surface area contributed by atoms with Crippen molar-refractivity contribution in [2.45, 2.75) is 0 Å². The quantitative estimate of drug-likeness (QED) is 0.163. The summed E-state index contributed by atoms with van der Waals surface area (Å²) in [5.74, 6) is 0.611. The minimum atomic E-state index is 0.611. The number of para-hydroxylation sites is 3. The van der Waals surface area contributed by atoms with Crippen LogP contribution in [0.2, 0.25) is 0 Å². The molecule has 8 aromatic carbocycles. The van der Waals surface area contributed by atoms with E-state index < -0.39 is 0 Å². The highest BCUT2D eigenvalue weighted by molar-refractivity contribution is 6.07. The molecule has 0 unspecified atom stereocenters. The van der Waals surface area contributed by atoms with Crippen molar-refractivity contribution in [3.05, 3.63) is 200 Å². The van der Waals surface area contributed by atoms with Gasteiger partial charge in [-0.05, 0) is 90.0 Å². The molecule has 11 aromatic rings. The Morgan fingerprint density at radius 1 is 0.298 bits per heavy atom. The molecule has 5 nitrogen and oxygen atoms in total. The average Bonchev–Trinajstić information content (AvgIpc) is 3.84. The molecule has 3 aromatic heterocycles. The van der Waals surface area contributed by atoms with Crippen molar-refractivity contribution in [3.63, 3.8) is 0 Å². The van der Waals surface area contributed by atoms with Gasteiger partial charge in [0.15, 0.2) is 5.82 Å². The number of fused-ring (bicyclic) bond motifs is 6. The highest BCUT2D eigenvalue weighted by Crippen LogP contribution is 2.40. The summed E-state index contributed by atoms with van der Waals surface area (Å²) in [5, 5.41) is 4.26. The zero-order valence-electron chi connectivity index (χ0n) is 30.7. The van der Waals surface area contributed by atoms with Crippen molar-refractivity contribution >= 4 is 60.9 Å². The molecule has 268 valence electrons. The first-order chi connectivity index (χ1) is 28.2. The van der Waals surface area contributed by atoms with Gasteiger partial charge in [0.25, 0.3) is 0 Å². The molecule has 0 fully saturated rings. The Hall–Kier alpha value is -7.76. The molecule has 0 N–H and O–H groups in total. The Labute approximate surface area is 328 Å². The first-order valence-electron chi connectivity index (χ1n) is 19.1. The van der Waals surface area contributed by atoms with Crippen LogP contribution in [-0.2, 0) is 0 Å². The van der Waals surface area contributed by atoms with Crippen LogP contribution < -0.4 is 4.90 Å². The zero-order chi connectivity index (χ0) is 37.7. The Morgan fingerprint density at radius 2 is 0.789 bits per heavy atom. The SMILES string of the molecule is c1ccc(-c2cccc(-c3cc(-c4ccc5c(c4)oc4ccccc45)nc(-c4ccc5c(c4)oc4cc(N(c6ccccc6)c6ccccc6)ccc45)n3)c2)cc1. The second-order valence-electron chi connectivity index (χ2n) is 14.2. The van der Waals surface area contributed by atoms with E-state index >= 15 is 0 Å². The van der Waals surface area contributed by atoms with E-state index in [1.54, 1.807) is 0 Å². The van der Waals surface area contributed by atoms with Gasteiger partial charge in [0.1, 0.15) is 22.3 Å². The van der Waals surface area contributed by atoms with Gasteiger partial charge < -0.3 is 13.7 Å². The lowest BCUT2D eigenvalue weighted by molar-refractivity contribution is 0.668. The molecule has 0 aliphatic heterocycles. The number of hydrogen-bond donors (Lipinski definition) is 0. The van der Waals surface area contributed by atoms with Gasteiger partial charge >= 0.3 is 0 Å². The van der Waals surface area contributed by atoms with E-state index in [1.807, 2.05) is 36.4 Å². The lowest BCUT2D eigenvalue weighted by atomic mass is 10.0. The minimum absolute atomic E-state index is 0.611. The standard InChI is InChI=1S/C52H33N3O2/c1-4-13-34(14-5-1)35-15-12-16-36(29-35)46-33-47(37-23-26-43-42-21-10-11-22-48(42)56-49(43)30-37)54-52(53-46)38-24-27-44-45-28-25-41(32-51(45)57-50(44)31-38)55(39-17-6-2-7-18-39)40-19-8-3-9-20-40/h1-33H. The number of hydrogen-bond acceptors (Lipinski definition) is 5. The molecule has 0 aliphatic carbocycles. The summed E-state index contributed by atoms with van der Waals surface area (Å²) in [6.45, 7) is 0. The summed E-state index contributed by atoms with van der Waals surface area (Å²) in [7, 11) is 0. The van der Waals surface area contributed by atoms with Crippen molar-refractivity contribution < 1.29 is 8.83 Å². The maximum atomic E-state index is 6.65. The van der Waals surface area contributed by atoms with Crippen LogP contribution >= 0.6 is 0 Å². The highest BCUT2D eigenvalue weighted by Gasteiger charge is 2.18. The fraction of sp³-hybridized carbons (Fsp3) is 0. The maximum absolute atomic E-state index is 6.65. The van der Waals surface area contributed by atoms with Crippen molar-refractivity contribution in [1.82, 2.24) is 9.97 Å². The molecule has 57 heavy (non-hydrogen) atoms. The summed E-state index contributed by atoms with van der Waals surface area (Å²) in [4.78, 5) is 12.7. The van der Waals surface area contributed by atoms with Crippen LogP contribution in [0.25, 0.3) is 88.9 Å². The van der Waals surface area contributed by atoms with Crippen LogP contribution in [0.5, 0.6) is 0 Å². The molecule has 0 saturated carbocycles. The van der Waals surface area contributed by atoms with E-state index in [9.17, 15) is 0 Å². The number of furan rings is 2. The molecule has 0 aliphatic rings. The Bertz CT molecular complexity index is 3200. The second-order valence-corrected chi connectivity index (χ2v) is 14.2. The lowest BCUT2D eigenvalue weighted by Gasteiger charge is -2.25. The fourth-order valence-electron chi connectivity index (χ4n) is 7.89. The van der Waals surface area contributed by atoms with Crippen LogP contribution in [0.3, 0.4) is 0 Å². The van der Waals surface area contributed by atoms with E-state index in [0.29, 0.717) is 5.82 Å². The van der Waals surface area contributed by atoms with Gasteiger partial charge in [-0.2, -0.15) is 0 Å². The third kappa shape index (κ3) is 5.90. The predicted molar refractivity (Wildman–Crippen MR) is 233 cm³/mol. The fourth-order valence-corrected chi connectivity index (χ4v) is 7.89. The maximum Gasteiger partial charge on any atom is 0.160 e. The van der Waals surface area contributed by atoms with Gasteiger partial charge in [-0.1, -0.05) is 115 Å². The van der Waals surface area contributed by atoms with E-state index in [0.717, 1.165) is 100 Å². The van der Waals surface area contributed by atoms with E-state index in [1.165, 1.54) is 0 Å². The molecule has 0 amide bonds. The topological polar surface area (TPSA) is 55.3 Å². The predicted octanol–water partition coefficient (Wildman–Crippen LogP) is 14.4. The van der Waals surface area contributed by atoms with Gasteiger partial charge in [0.05, 0.1) is 11.4 Å². The molecule has 5 heteroatoms. The molecule has 0 atom stereocenters. The first kappa shape index (κ1) is 32.7. The van der Waals surface area contributed by atoms with E-state index in [2.05, 4.69) is 169 Å². The number of aromatic nitrogens is 2. The van der Waals surface area contributed by atoms with E-state index in [4.69, 9.17) is 18.8 Å². The smallest absolute Gasteiger partial charge is 0.160 e. The average molecular weight is 732 g/mol. The van der Waals surface area contributed by atoms with Crippen LogP contribution in [0, 0.1) is 0 Å². The monoisotopic (exact) mass is 731 g/mol. The first-order valence-corrected chi connectivity index (χ1v) is 19.1. The minimum Gasteiger partial charge on any atom is -0.456 e. The van der Waals surface area contributed by atoms with Gasteiger partial charge in [0, 0.05) is 61.4 Å². The molecule has 3 heterocycles. The van der Waals surface area contributed by atoms with Crippen LogP contribution in [-0.4, -0.2) is 9.97 Å². The highest BCUT2D eigenvalue weighted by atomic mass is 16.3. The molecule has 0 saturated heterocycles. The molecule has 0 spiro atoms. The van der Waals surface area contributed by atoms with Crippen molar-refractivity contribution in [2.75, 3.05) is 4.90 Å². The van der Waals surface area contributed by atoms with Crippen molar-refractivity contribution in [2.24, 2.45) is 0 Å². The summed E-state index contributed by atoms with van der Waals surface area (Å²) < 4.78 is 13.0. The van der Waals surface area contributed by atoms with Gasteiger partial charge in [0.2, 0.25) is 0 Å². The summed E-state index contributed by atoms with van der Waals surface area (Å²) >= 11 is 0. The Kier molecular flexibility index (Phi) is 7.74. The molecule has 11 rings (SSSR count). The largest absolute Gasteiger partial charge is 0.456 e. The number of anilines is 3. The molecular formula is C52H33N3O2. The second kappa shape index (κ2) is 13.5. The summed E-state index contributed by atoms with van der Waals surface area (Å²) in [6, 6.07) is 69.0. The summed E-state index contributed by atoms with van der Waals surface area (Å²) in [5.41, 5.74) is 13.2. The van der Waals surface area contributed by atoms with Gasteiger partial charge in [-0.25, -0.2) is 9.97 Å².